The molecule has 0 amide bonds. The Bertz CT molecular complexity index is 418. The molecule has 0 saturated heterocycles. The third-order valence-corrected chi connectivity index (χ3v) is 7.56. The molecule has 4 aliphatic carbocycles. The molecule has 0 aromatic rings. The highest BCUT2D eigenvalue weighted by Gasteiger charge is 2.56. The first-order valence-corrected chi connectivity index (χ1v) is 8.78. The largest absolute Gasteiger partial charge is 0.393 e. The Labute approximate surface area is 122 Å². The number of fused-ring (bicyclic) bond motifs is 5. The minimum absolute atomic E-state index is 0.130. The first-order chi connectivity index (χ1) is 9.58. The zero-order valence-corrected chi connectivity index (χ0v) is 12.7. The third-order valence-electron chi connectivity index (χ3n) is 7.56. The number of carbonyl (C=O) groups is 1. The van der Waals surface area contributed by atoms with Crippen molar-refractivity contribution in [2.45, 2.75) is 70.8 Å². The number of aliphatic hydroxyl groups excluding tert-OH is 1. The molecular formula is C18H28O2. The van der Waals surface area contributed by atoms with E-state index in [4.69, 9.17) is 0 Å². The molecule has 1 N–H and O–H groups in total. The highest BCUT2D eigenvalue weighted by Crippen LogP contribution is 2.62. The van der Waals surface area contributed by atoms with E-state index in [9.17, 15) is 9.90 Å². The molecule has 4 rings (SSSR count). The van der Waals surface area contributed by atoms with E-state index in [1.54, 1.807) is 0 Å². The fourth-order valence-corrected chi connectivity index (χ4v) is 6.67. The smallest absolute Gasteiger partial charge is 0.133 e. The molecule has 20 heavy (non-hydrogen) atoms. The van der Waals surface area contributed by atoms with Gasteiger partial charge in [0.05, 0.1) is 6.10 Å². The van der Waals surface area contributed by atoms with Gasteiger partial charge in [-0.05, 0) is 73.5 Å². The third kappa shape index (κ3) is 1.83. The first-order valence-electron chi connectivity index (χ1n) is 8.78. The first kappa shape index (κ1) is 13.3. The highest BCUT2D eigenvalue weighted by molar-refractivity contribution is 5.79. The zero-order chi connectivity index (χ0) is 13.9. The molecule has 0 heterocycles. The Balaban J connectivity index is 1.62. The van der Waals surface area contributed by atoms with Crippen LogP contribution in [-0.4, -0.2) is 17.0 Å². The number of aliphatic hydroxyl groups is 1. The van der Waals surface area contributed by atoms with Crippen LogP contribution in [0.2, 0.25) is 0 Å². The summed E-state index contributed by atoms with van der Waals surface area (Å²) >= 11 is 0. The zero-order valence-electron chi connectivity index (χ0n) is 12.7. The minimum Gasteiger partial charge on any atom is -0.393 e. The van der Waals surface area contributed by atoms with Gasteiger partial charge < -0.3 is 5.11 Å². The van der Waals surface area contributed by atoms with Crippen LogP contribution in [0.4, 0.5) is 0 Å². The number of rotatable bonds is 0. The summed E-state index contributed by atoms with van der Waals surface area (Å²) in [7, 11) is 0. The van der Waals surface area contributed by atoms with Gasteiger partial charge in [0.15, 0.2) is 0 Å². The van der Waals surface area contributed by atoms with Gasteiger partial charge in [0, 0.05) is 12.8 Å². The summed E-state index contributed by atoms with van der Waals surface area (Å²) in [5, 5.41) is 10.8. The van der Waals surface area contributed by atoms with E-state index in [2.05, 4.69) is 6.92 Å². The standard InChI is InChI=1S/C18H28O2/c1-18-7-2-3-15(18)17-14(6-8-18)13-5-4-12(19)9-11(13)10-16(17)20/h11,13-17,20H,2-10H2,1H3/t11?,13-,14+,15-,16-,17+,18-/m0/s1. The second-order valence-corrected chi connectivity index (χ2v) is 8.44. The SMILES string of the molecule is C[C@@]12CCC[C@H]1[C@H]1[C@H](CC2)[C@H]2CCC(=O)CC2C[C@@H]1O. The van der Waals surface area contributed by atoms with Crippen molar-refractivity contribution in [1.82, 2.24) is 0 Å². The lowest BCUT2D eigenvalue weighted by Gasteiger charge is -2.56. The normalized spacial score (nSPS) is 55.0. The van der Waals surface area contributed by atoms with Crippen LogP contribution < -0.4 is 0 Å². The summed E-state index contributed by atoms with van der Waals surface area (Å²) in [5.74, 6) is 3.71. The fourth-order valence-electron chi connectivity index (χ4n) is 6.67. The molecule has 0 spiro atoms. The van der Waals surface area contributed by atoms with Gasteiger partial charge in [-0.25, -0.2) is 0 Å². The number of ketones is 1. The monoisotopic (exact) mass is 276 g/mol. The summed E-state index contributed by atoms with van der Waals surface area (Å²) in [5.41, 5.74) is 0.513. The summed E-state index contributed by atoms with van der Waals surface area (Å²) in [6.45, 7) is 2.48. The van der Waals surface area contributed by atoms with E-state index >= 15 is 0 Å². The Kier molecular flexibility index (Phi) is 3.03. The molecule has 112 valence electrons. The molecule has 2 heteroatoms. The maximum atomic E-state index is 11.7. The lowest BCUT2D eigenvalue weighted by atomic mass is 9.50. The second-order valence-electron chi connectivity index (χ2n) is 8.44. The van der Waals surface area contributed by atoms with Gasteiger partial charge in [-0.2, -0.15) is 0 Å². The van der Waals surface area contributed by atoms with Gasteiger partial charge in [0.2, 0.25) is 0 Å². The average molecular weight is 276 g/mol. The van der Waals surface area contributed by atoms with Crippen LogP contribution >= 0.6 is 0 Å². The van der Waals surface area contributed by atoms with E-state index in [0.29, 0.717) is 29.0 Å². The molecule has 0 aromatic heterocycles. The summed E-state index contributed by atoms with van der Waals surface area (Å²) in [6.07, 6.45) is 10.2. The van der Waals surface area contributed by atoms with Gasteiger partial charge in [-0.1, -0.05) is 13.3 Å². The van der Waals surface area contributed by atoms with Gasteiger partial charge in [-0.15, -0.1) is 0 Å². The van der Waals surface area contributed by atoms with E-state index in [0.717, 1.165) is 37.5 Å². The Hall–Kier alpha value is -0.370. The lowest BCUT2D eigenvalue weighted by Crippen LogP contribution is -2.53. The maximum Gasteiger partial charge on any atom is 0.133 e. The van der Waals surface area contributed by atoms with Gasteiger partial charge >= 0.3 is 0 Å². The molecule has 4 saturated carbocycles. The lowest BCUT2D eigenvalue weighted by molar-refractivity contribution is -0.137. The van der Waals surface area contributed by atoms with Crippen LogP contribution in [0.15, 0.2) is 0 Å². The van der Waals surface area contributed by atoms with Crippen LogP contribution in [0.5, 0.6) is 0 Å². The molecule has 0 aromatic carbocycles. The van der Waals surface area contributed by atoms with E-state index < -0.39 is 0 Å². The maximum absolute atomic E-state index is 11.7. The second kappa shape index (κ2) is 4.56. The number of hydrogen-bond acceptors (Lipinski definition) is 2. The van der Waals surface area contributed by atoms with Crippen molar-refractivity contribution in [3.63, 3.8) is 0 Å². The van der Waals surface area contributed by atoms with Gasteiger partial charge in [0.25, 0.3) is 0 Å². The van der Waals surface area contributed by atoms with Crippen molar-refractivity contribution in [2.75, 3.05) is 0 Å². The quantitative estimate of drug-likeness (QED) is 0.734. The molecule has 0 aliphatic heterocycles. The molecular weight excluding hydrogens is 248 g/mol. The predicted octanol–water partition coefficient (Wildman–Crippen LogP) is 3.57. The van der Waals surface area contributed by atoms with Crippen molar-refractivity contribution in [1.29, 1.82) is 0 Å². The molecule has 7 atom stereocenters. The van der Waals surface area contributed by atoms with Crippen LogP contribution in [-0.2, 0) is 4.79 Å². The van der Waals surface area contributed by atoms with Crippen molar-refractivity contribution in [3.8, 4) is 0 Å². The van der Waals surface area contributed by atoms with Crippen molar-refractivity contribution in [3.05, 3.63) is 0 Å². The molecule has 2 nitrogen and oxygen atoms in total. The van der Waals surface area contributed by atoms with Crippen LogP contribution in [0.25, 0.3) is 0 Å². The molecule has 0 bridgehead atoms. The Morgan fingerprint density at radius 1 is 1.15 bits per heavy atom. The minimum atomic E-state index is -0.130. The van der Waals surface area contributed by atoms with Crippen LogP contribution in [0.1, 0.15) is 64.7 Å². The fraction of sp³-hybridized carbons (Fsp3) is 0.944. The molecule has 4 aliphatic rings. The molecule has 0 radical (unpaired) electrons. The van der Waals surface area contributed by atoms with Gasteiger partial charge in [-0.3, -0.25) is 4.79 Å². The molecule has 4 fully saturated rings. The van der Waals surface area contributed by atoms with Crippen molar-refractivity contribution < 1.29 is 9.90 Å². The topological polar surface area (TPSA) is 37.3 Å². The summed E-state index contributed by atoms with van der Waals surface area (Å²) in [6, 6.07) is 0. The predicted molar refractivity (Wildman–Crippen MR) is 78.1 cm³/mol. The van der Waals surface area contributed by atoms with Gasteiger partial charge in [0.1, 0.15) is 5.78 Å². The van der Waals surface area contributed by atoms with Crippen LogP contribution in [0.3, 0.4) is 0 Å². The van der Waals surface area contributed by atoms with Crippen LogP contribution in [0, 0.1) is 35.0 Å². The summed E-state index contributed by atoms with van der Waals surface area (Å²) < 4.78 is 0. The summed E-state index contributed by atoms with van der Waals surface area (Å²) in [4.78, 5) is 11.7. The van der Waals surface area contributed by atoms with E-state index in [-0.39, 0.29) is 6.10 Å². The number of carbonyl (C=O) groups excluding carboxylic acids is 1. The van der Waals surface area contributed by atoms with Crippen molar-refractivity contribution >= 4 is 5.78 Å². The van der Waals surface area contributed by atoms with E-state index in [1.165, 1.54) is 32.1 Å². The Morgan fingerprint density at radius 3 is 2.85 bits per heavy atom. The highest BCUT2D eigenvalue weighted by atomic mass is 16.3. The van der Waals surface area contributed by atoms with Crippen molar-refractivity contribution in [2.24, 2.45) is 35.0 Å². The average Bonchev–Trinajstić information content (AvgIpc) is 2.79. The number of Topliss-reactive ketones (excluding diaryl/α,β-unsaturated/α-hetero) is 1. The number of hydrogen-bond donors (Lipinski definition) is 1. The molecule has 1 unspecified atom stereocenters. The van der Waals surface area contributed by atoms with E-state index in [1.807, 2.05) is 0 Å². The Morgan fingerprint density at radius 2 is 2.00 bits per heavy atom.